The highest BCUT2D eigenvalue weighted by Gasteiger charge is 2.19. The number of carbonyl (C=O) groups is 4. The smallest absolute Gasteiger partial charge is 0.332 e. The molecule has 0 aliphatic heterocycles. The number of aromatic hydroxyl groups is 1. The third kappa shape index (κ3) is 22.9. The average Bonchev–Trinajstić information content (AvgIpc) is 3.78. The summed E-state index contributed by atoms with van der Waals surface area (Å²) >= 11 is 5.56. The summed E-state index contributed by atoms with van der Waals surface area (Å²) in [5, 5.41) is 55.3. The Morgan fingerprint density at radius 3 is 2.11 bits per heavy atom. The van der Waals surface area contributed by atoms with Crippen LogP contribution in [0.1, 0.15) is 133 Å². The summed E-state index contributed by atoms with van der Waals surface area (Å²) in [7, 11) is 3.70. The van der Waals surface area contributed by atoms with E-state index in [1.165, 1.54) is 43.2 Å². The third-order valence-electron chi connectivity index (χ3n) is 10.1. The van der Waals surface area contributed by atoms with Gasteiger partial charge in [0.25, 0.3) is 5.91 Å². The van der Waals surface area contributed by atoms with Crippen molar-refractivity contribution < 1.29 is 39.6 Å². The molecular weight excluding hydrogens is 836 g/mol. The van der Waals surface area contributed by atoms with E-state index >= 15 is 0 Å². The Hall–Kier alpha value is -5.25. The highest BCUT2D eigenvalue weighted by molar-refractivity contribution is 6.30. The topological polar surface area (TPSA) is 216 Å². The first-order chi connectivity index (χ1) is 30.7. The molecule has 1 aliphatic rings. The van der Waals surface area contributed by atoms with Gasteiger partial charge >= 0.3 is 5.97 Å². The van der Waals surface area contributed by atoms with Crippen LogP contribution >= 0.6 is 11.6 Å². The molecular formula is C49H71ClN6O8. The number of hydrogen-bond acceptors (Lipinski definition) is 11. The third-order valence-corrected chi connectivity index (χ3v) is 10.3. The van der Waals surface area contributed by atoms with Crippen LogP contribution in [-0.2, 0) is 22.7 Å². The number of aliphatic hydroxyl groups is 2. The van der Waals surface area contributed by atoms with Gasteiger partial charge < -0.3 is 41.2 Å². The fourth-order valence-electron chi connectivity index (χ4n) is 6.66. The first kappa shape index (κ1) is 56.8. The minimum atomic E-state index is -1.39. The molecule has 15 heteroatoms. The number of amides is 1. The molecule has 1 aliphatic carbocycles. The predicted molar refractivity (Wildman–Crippen MR) is 255 cm³/mol. The molecule has 3 atom stereocenters. The number of allylic oxidation sites excluding steroid dienone is 1. The molecule has 1 aromatic heterocycles. The highest BCUT2D eigenvalue weighted by atomic mass is 35.5. The zero-order valence-electron chi connectivity index (χ0n) is 38.6. The van der Waals surface area contributed by atoms with Gasteiger partial charge in [0.05, 0.1) is 18.3 Å². The fraction of sp³-hybridized carbons (Fsp3) is 0.469. The van der Waals surface area contributed by atoms with Gasteiger partial charge in [0, 0.05) is 47.4 Å². The molecule has 1 saturated carbocycles. The largest absolute Gasteiger partial charge is 0.507 e. The number of aliphatic carboxylic acids is 1. The molecule has 5 rings (SSSR count). The van der Waals surface area contributed by atoms with Crippen molar-refractivity contribution in [2.75, 3.05) is 20.6 Å². The number of nitrogens with zero attached hydrogens (tertiary/aromatic N) is 3. The average molecular weight is 908 g/mol. The number of phenols is 1. The normalized spacial score (nSPS) is 13.5. The number of carboxylic acids is 1. The van der Waals surface area contributed by atoms with E-state index in [0.29, 0.717) is 59.0 Å². The standard InChI is InChI=1S/C19H30N2O6.C11H15N.C10H15N3O.C7H5ClO.C2H6/c1-11-8-13(9-12(2)17(11)24)18(25)21-10-15(22)6-4-14(20-3)5-7-16(23)19(26)27;1-3-5-10-6-4-7-11(8-10)9-12-2;14-7-6-13-8-10(11-12-13)9-4-2-1-3-5-9;8-7-3-1-2-6(4-7)5-9;1-2/h8-9,14-16,20,22-24H,4-7,10H2,1-3H3,(H,21,25)(H,26,27);3-8,12H,9H2,1-2H3;7-9H,1-6H2;1-5H;1-2H3/b;5-3+;;;. The van der Waals surface area contributed by atoms with Crippen LogP contribution in [0, 0.1) is 13.8 Å². The van der Waals surface area contributed by atoms with Crippen molar-refractivity contribution in [3.8, 4) is 5.75 Å². The van der Waals surface area contributed by atoms with Crippen LogP contribution in [0.15, 0.2) is 72.9 Å². The van der Waals surface area contributed by atoms with Crippen LogP contribution in [0.5, 0.6) is 5.75 Å². The van der Waals surface area contributed by atoms with Crippen molar-refractivity contribution >= 4 is 42.1 Å². The van der Waals surface area contributed by atoms with Gasteiger partial charge in [0.2, 0.25) is 0 Å². The minimum Gasteiger partial charge on any atom is -0.507 e. The zero-order chi connectivity index (χ0) is 47.9. The van der Waals surface area contributed by atoms with Gasteiger partial charge in [-0.15, -0.1) is 5.10 Å². The van der Waals surface area contributed by atoms with E-state index in [9.17, 15) is 34.5 Å². The van der Waals surface area contributed by atoms with Crippen LogP contribution in [0.3, 0.4) is 0 Å². The van der Waals surface area contributed by atoms with Crippen molar-refractivity contribution in [2.24, 2.45) is 0 Å². The molecule has 1 fully saturated rings. The van der Waals surface area contributed by atoms with Crippen molar-refractivity contribution in [3.05, 3.63) is 117 Å². The number of phenolic OH excluding ortho intramolecular Hbond substituents is 1. The summed E-state index contributed by atoms with van der Waals surface area (Å²) in [5.41, 5.74) is 5.92. The van der Waals surface area contributed by atoms with Crippen molar-refractivity contribution in [2.45, 2.75) is 130 Å². The Balaban J connectivity index is 0.000000461. The highest BCUT2D eigenvalue weighted by Crippen LogP contribution is 2.31. The molecule has 0 saturated heterocycles. The summed E-state index contributed by atoms with van der Waals surface area (Å²) in [6, 6.07) is 18.5. The molecule has 0 spiro atoms. The van der Waals surface area contributed by atoms with Gasteiger partial charge in [-0.1, -0.05) is 98.5 Å². The van der Waals surface area contributed by atoms with E-state index in [2.05, 4.69) is 62.7 Å². The van der Waals surface area contributed by atoms with Gasteiger partial charge in [0.1, 0.15) is 18.3 Å². The number of aliphatic hydroxyl groups excluding tert-OH is 2. The second-order valence-electron chi connectivity index (χ2n) is 15.1. The van der Waals surface area contributed by atoms with Crippen molar-refractivity contribution in [1.82, 2.24) is 30.9 Å². The van der Waals surface area contributed by atoms with Crippen molar-refractivity contribution in [3.63, 3.8) is 0 Å². The maximum absolute atomic E-state index is 12.2. The Morgan fingerprint density at radius 1 is 0.906 bits per heavy atom. The Labute approximate surface area is 384 Å². The minimum absolute atomic E-state index is 0.0354. The van der Waals surface area contributed by atoms with Crippen LogP contribution in [0.25, 0.3) is 6.08 Å². The summed E-state index contributed by atoms with van der Waals surface area (Å²) in [4.78, 5) is 43.2. The lowest BCUT2D eigenvalue weighted by Gasteiger charge is -2.19. The zero-order valence-corrected chi connectivity index (χ0v) is 39.4. The molecule has 1 amide bonds. The Morgan fingerprint density at radius 2 is 1.55 bits per heavy atom. The van der Waals surface area contributed by atoms with Gasteiger partial charge in [-0.2, -0.15) is 0 Å². The number of benzene rings is 3. The van der Waals surface area contributed by atoms with E-state index in [1.54, 1.807) is 62.0 Å². The van der Waals surface area contributed by atoms with Gasteiger partial charge in [-0.05, 0) is 120 Å². The molecule has 64 heavy (non-hydrogen) atoms. The molecule has 3 unspecified atom stereocenters. The van der Waals surface area contributed by atoms with Crippen LogP contribution < -0.4 is 16.0 Å². The first-order valence-electron chi connectivity index (χ1n) is 22.0. The number of carbonyl (C=O) groups excluding carboxylic acids is 3. The number of rotatable bonds is 18. The lowest BCUT2D eigenvalue weighted by Crippen LogP contribution is -2.34. The summed E-state index contributed by atoms with van der Waals surface area (Å²) in [5.74, 6) is -0.829. The quantitative estimate of drug-likeness (QED) is 0.0476. The van der Waals surface area contributed by atoms with Gasteiger partial charge in [-0.3, -0.25) is 9.59 Å². The molecule has 352 valence electrons. The molecule has 0 radical (unpaired) electrons. The van der Waals surface area contributed by atoms with Gasteiger partial charge in [-0.25, -0.2) is 9.48 Å². The Kier molecular flexibility index (Phi) is 29.5. The number of hydrogen-bond donors (Lipinski definition) is 7. The lowest BCUT2D eigenvalue weighted by molar-refractivity contribution is -0.147. The van der Waals surface area contributed by atoms with E-state index < -0.39 is 18.2 Å². The number of aryl methyl sites for hydroxylation is 2. The molecule has 14 nitrogen and oxygen atoms in total. The molecule has 1 heterocycles. The number of nitrogens with one attached hydrogen (secondary N) is 3. The molecule has 3 aromatic carbocycles. The number of aldehydes is 2. The van der Waals surface area contributed by atoms with Crippen LogP contribution in [-0.4, -0.2) is 98.8 Å². The second-order valence-corrected chi connectivity index (χ2v) is 15.6. The van der Waals surface area contributed by atoms with E-state index in [4.69, 9.17) is 16.7 Å². The molecule has 4 aromatic rings. The molecule has 7 N–H and O–H groups in total. The maximum atomic E-state index is 12.2. The number of aromatic nitrogens is 3. The Bertz CT molecular complexity index is 1960. The van der Waals surface area contributed by atoms with E-state index in [0.717, 1.165) is 24.8 Å². The monoisotopic (exact) mass is 907 g/mol. The van der Waals surface area contributed by atoms with Crippen LogP contribution in [0.4, 0.5) is 0 Å². The SMILES string of the molecule is C/C=C/c1cccc(CNC)c1.CC.CNC(CCC(O)CNC(=O)c1cc(C)c(O)c(C)c1)CCC(O)C(=O)O.O=CCn1cc(C2CCCCC2)nn1.O=Cc1cccc(Cl)c1. The van der Waals surface area contributed by atoms with Crippen LogP contribution in [0.2, 0.25) is 5.02 Å². The number of halogens is 1. The summed E-state index contributed by atoms with van der Waals surface area (Å²) in [6.45, 7) is 10.8. The second kappa shape index (κ2) is 33.3. The summed E-state index contributed by atoms with van der Waals surface area (Å²) in [6.07, 6.45) is 13.5. The maximum Gasteiger partial charge on any atom is 0.332 e. The predicted octanol–water partition coefficient (Wildman–Crippen LogP) is 7.84. The number of carboxylic acid groups (broad SMARTS) is 1. The van der Waals surface area contributed by atoms with E-state index in [-0.39, 0.29) is 30.7 Å². The lowest BCUT2D eigenvalue weighted by atomic mass is 9.87. The fourth-order valence-corrected chi connectivity index (χ4v) is 6.86. The molecule has 0 bridgehead atoms. The summed E-state index contributed by atoms with van der Waals surface area (Å²) < 4.78 is 1.61. The van der Waals surface area contributed by atoms with Gasteiger partial charge in [0.15, 0.2) is 6.10 Å². The first-order valence-corrected chi connectivity index (χ1v) is 22.4. The van der Waals surface area contributed by atoms with Crippen molar-refractivity contribution in [1.29, 1.82) is 0 Å². The van der Waals surface area contributed by atoms with E-state index in [1.807, 2.05) is 34.0 Å².